The van der Waals surface area contributed by atoms with Crippen LogP contribution in [0.2, 0.25) is 5.02 Å². The summed E-state index contributed by atoms with van der Waals surface area (Å²) < 4.78 is 12.3. The van der Waals surface area contributed by atoms with Gasteiger partial charge in [-0.05, 0) is 43.4 Å². The van der Waals surface area contributed by atoms with E-state index in [1.807, 2.05) is 12.1 Å². The fraction of sp³-hybridized carbons (Fsp3) is 0.435. The molecule has 0 fully saturated rings. The van der Waals surface area contributed by atoms with Gasteiger partial charge < -0.3 is 14.5 Å². The van der Waals surface area contributed by atoms with Crippen LogP contribution in [0.25, 0.3) is 10.9 Å². The lowest BCUT2D eigenvalue weighted by Crippen LogP contribution is -2.38. The number of carbonyl (C=O) groups excluding carboxylic acids is 1. The molecule has 33 heavy (non-hydrogen) atoms. The van der Waals surface area contributed by atoms with Crippen molar-refractivity contribution < 1.29 is 13.9 Å². The van der Waals surface area contributed by atoms with Crippen molar-refractivity contribution in [2.75, 3.05) is 39.1 Å². The lowest BCUT2D eigenvalue weighted by Gasteiger charge is -2.28. The van der Waals surface area contributed by atoms with Gasteiger partial charge in [-0.25, -0.2) is 4.98 Å². The summed E-state index contributed by atoms with van der Waals surface area (Å²) in [6, 6.07) is 8.70. The molecule has 2 heterocycles. The second-order valence-corrected chi connectivity index (χ2v) is 8.73. The Morgan fingerprint density at radius 3 is 2.79 bits per heavy atom. The Labute approximate surface area is 202 Å². The zero-order valence-corrected chi connectivity index (χ0v) is 20.6. The minimum atomic E-state index is -0.184. The molecule has 0 saturated heterocycles. The van der Waals surface area contributed by atoms with E-state index in [1.54, 1.807) is 36.1 Å². The Morgan fingerprint density at radius 1 is 1.33 bits per heavy atom. The molecule has 0 aliphatic rings. The predicted molar refractivity (Wildman–Crippen MR) is 131 cm³/mol. The molecule has 0 aliphatic heterocycles. The molecule has 0 aliphatic carbocycles. The number of nitrogens with zero attached hydrogens (tertiary/aromatic N) is 3. The maximum atomic E-state index is 13.0. The van der Waals surface area contributed by atoms with E-state index in [0.29, 0.717) is 40.8 Å². The average Bonchev–Trinajstić information content (AvgIpc) is 3.34. The van der Waals surface area contributed by atoms with Crippen molar-refractivity contribution >= 4 is 40.2 Å². The van der Waals surface area contributed by atoms with Crippen LogP contribution in [-0.4, -0.2) is 59.5 Å². The van der Waals surface area contributed by atoms with Gasteiger partial charge in [0.05, 0.1) is 42.1 Å². The molecule has 1 atom stereocenters. The minimum absolute atomic E-state index is 0.0511. The summed E-state index contributed by atoms with van der Waals surface area (Å²) in [6.45, 7) is 6.94. The Balaban J connectivity index is 1.73. The van der Waals surface area contributed by atoms with Gasteiger partial charge in [0.1, 0.15) is 5.76 Å². The number of furan rings is 1. The van der Waals surface area contributed by atoms with E-state index in [4.69, 9.17) is 20.8 Å². The number of ether oxygens (including phenoxy) is 1. The van der Waals surface area contributed by atoms with Gasteiger partial charge in [0.15, 0.2) is 5.16 Å². The molecule has 0 spiro atoms. The second kappa shape index (κ2) is 12.2. The fourth-order valence-electron chi connectivity index (χ4n) is 3.61. The van der Waals surface area contributed by atoms with E-state index < -0.39 is 0 Å². The summed E-state index contributed by atoms with van der Waals surface area (Å²) in [7, 11) is 1.57. The van der Waals surface area contributed by atoms with E-state index in [9.17, 15) is 9.59 Å². The van der Waals surface area contributed by atoms with Gasteiger partial charge in [-0.2, -0.15) is 0 Å². The third kappa shape index (κ3) is 6.38. The molecule has 2 aromatic heterocycles. The van der Waals surface area contributed by atoms with Crippen LogP contribution < -0.4 is 10.9 Å². The Kier molecular flexibility index (Phi) is 9.37. The maximum Gasteiger partial charge on any atom is 0.262 e. The number of halogens is 1. The van der Waals surface area contributed by atoms with Crippen molar-refractivity contribution in [3.63, 3.8) is 0 Å². The molecule has 0 bridgehead atoms. The van der Waals surface area contributed by atoms with Crippen molar-refractivity contribution in [2.45, 2.75) is 31.6 Å². The molecule has 1 unspecified atom stereocenters. The number of carbonyl (C=O) groups is 1. The molecule has 10 heteroatoms. The summed E-state index contributed by atoms with van der Waals surface area (Å²) in [5, 5.41) is 4.42. The first-order valence-electron chi connectivity index (χ1n) is 10.8. The van der Waals surface area contributed by atoms with Crippen LogP contribution in [0, 0.1) is 0 Å². The van der Waals surface area contributed by atoms with Crippen LogP contribution >= 0.6 is 23.4 Å². The smallest absolute Gasteiger partial charge is 0.262 e. The van der Waals surface area contributed by atoms with Crippen molar-refractivity contribution in [2.24, 2.45) is 0 Å². The highest BCUT2D eigenvalue weighted by atomic mass is 35.5. The Hall–Kier alpha value is -2.33. The molecule has 178 valence electrons. The fourth-order valence-corrected chi connectivity index (χ4v) is 4.63. The number of benzene rings is 1. The van der Waals surface area contributed by atoms with E-state index in [0.717, 1.165) is 18.8 Å². The summed E-state index contributed by atoms with van der Waals surface area (Å²) in [6.07, 6.45) is 1.64. The number of fused-ring (bicyclic) bond motifs is 1. The minimum Gasteiger partial charge on any atom is -0.468 e. The molecule has 3 aromatic rings. The van der Waals surface area contributed by atoms with Crippen molar-refractivity contribution in [1.29, 1.82) is 0 Å². The molecular formula is C23H29ClN4O4S. The summed E-state index contributed by atoms with van der Waals surface area (Å²) in [4.78, 5) is 32.5. The number of amides is 1. The van der Waals surface area contributed by atoms with Crippen LogP contribution in [0.3, 0.4) is 0 Å². The van der Waals surface area contributed by atoms with E-state index in [-0.39, 0.29) is 23.3 Å². The number of likely N-dealkylation sites (N-methyl/N-ethyl adjacent to an activating group) is 1. The molecule has 0 saturated carbocycles. The SMILES string of the molecule is CCN(CC)C(CNC(=O)CSc1nc2cc(Cl)ccc2c(=O)n1CCOC)c1ccco1. The molecule has 3 rings (SSSR count). The van der Waals surface area contributed by atoms with E-state index in [2.05, 4.69) is 29.0 Å². The van der Waals surface area contributed by atoms with E-state index in [1.165, 1.54) is 11.8 Å². The highest BCUT2D eigenvalue weighted by molar-refractivity contribution is 7.99. The average molecular weight is 493 g/mol. The highest BCUT2D eigenvalue weighted by Crippen LogP contribution is 2.22. The van der Waals surface area contributed by atoms with Gasteiger partial charge >= 0.3 is 0 Å². The third-order valence-corrected chi connectivity index (χ3v) is 6.56. The van der Waals surface area contributed by atoms with Gasteiger partial charge in [-0.1, -0.05) is 37.2 Å². The lowest BCUT2D eigenvalue weighted by molar-refractivity contribution is -0.118. The van der Waals surface area contributed by atoms with E-state index >= 15 is 0 Å². The third-order valence-electron chi connectivity index (χ3n) is 5.35. The molecule has 1 amide bonds. The van der Waals surface area contributed by atoms with Gasteiger partial charge in [0, 0.05) is 18.7 Å². The molecule has 8 nitrogen and oxygen atoms in total. The topological polar surface area (TPSA) is 89.6 Å². The highest BCUT2D eigenvalue weighted by Gasteiger charge is 2.21. The predicted octanol–water partition coefficient (Wildman–Crippen LogP) is 3.58. The van der Waals surface area contributed by atoms with Crippen molar-refractivity contribution in [3.8, 4) is 0 Å². The van der Waals surface area contributed by atoms with Crippen molar-refractivity contribution in [1.82, 2.24) is 19.8 Å². The maximum absolute atomic E-state index is 13.0. The van der Waals surface area contributed by atoms with Gasteiger partial charge in [-0.15, -0.1) is 0 Å². The van der Waals surface area contributed by atoms with Crippen LogP contribution in [0.5, 0.6) is 0 Å². The Morgan fingerprint density at radius 2 is 2.12 bits per heavy atom. The summed E-state index contributed by atoms with van der Waals surface area (Å²) in [5.74, 6) is 0.782. The quantitative estimate of drug-likeness (QED) is 0.305. The molecule has 1 aromatic carbocycles. The first-order chi connectivity index (χ1) is 16.0. The van der Waals surface area contributed by atoms with Gasteiger partial charge in [0.25, 0.3) is 5.56 Å². The number of thioether (sulfide) groups is 1. The normalized spacial score (nSPS) is 12.4. The number of hydrogen-bond acceptors (Lipinski definition) is 7. The van der Waals surface area contributed by atoms with Gasteiger partial charge in [0.2, 0.25) is 5.91 Å². The lowest BCUT2D eigenvalue weighted by atomic mass is 10.2. The molecule has 0 radical (unpaired) electrons. The summed E-state index contributed by atoms with van der Waals surface area (Å²) in [5.41, 5.74) is 0.319. The first kappa shape index (κ1) is 25.3. The first-order valence-corrected chi connectivity index (χ1v) is 12.2. The largest absolute Gasteiger partial charge is 0.468 e. The summed E-state index contributed by atoms with van der Waals surface area (Å²) >= 11 is 7.30. The van der Waals surface area contributed by atoms with Gasteiger partial charge in [-0.3, -0.25) is 19.1 Å². The number of rotatable bonds is 12. The standard InChI is InChI=1S/C23H29ClN4O4S/c1-4-27(5-2)19(20-7-6-11-32-20)14-25-21(29)15-33-23-26-18-13-16(24)8-9-17(18)22(30)28(23)10-12-31-3/h6-9,11,13,19H,4-5,10,12,14-15H2,1-3H3,(H,25,29). The van der Waals surface area contributed by atoms with Crippen LogP contribution in [0.4, 0.5) is 0 Å². The van der Waals surface area contributed by atoms with Crippen LogP contribution in [0.15, 0.2) is 51.0 Å². The number of hydrogen-bond donors (Lipinski definition) is 1. The zero-order valence-electron chi connectivity index (χ0n) is 19.0. The zero-order chi connectivity index (χ0) is 23.8. The van der Waals surface area contributed by atoms with Crippen LogP contribution in [-0.2, 0) is 16.1 Å². The number of nitrogens with one attached hydrogen (secondary N) is 1. The Bertz CT molecular complexity index is 1120. The number of aromatic nitrogens is 2. The number of methoxy groups -OCH3 is 1. The van der Waals surface area contributed by atoms with Crippen LogP contribution in [0.1, 0.15) is 25.6 Å². The van der Waals surface area contributed by atoms with Crippen molar-refractivity contribution in [3.05, 3.63) is 57.7 Å². The monoisotopic (exact) mass is 492 g/mol. The second-order valence-electron chi connectivity index (χ2n) is 7.35. The molecule has 1 N–H and O–H groups in total. The molecular weight excluding hydrogens is 464 g/mol.